The molecule has 14 heavy (non-hydrogen) atoms. The number of para-hydroxylation sites is 1. The Bertz CT molecular complexity index is 401. The molecule has 1 N–H and O–H groups in total. The number of hydrogen-bond acceptors (Lipinski definition) is 2. The molecule has 0 unspecified atom stereocenters. The van der Waals surface area contributed by atoms with Crippen LogP contribution in [0.1, 0.15) is 13.8 Å². The number of benzene rings is 1. The predicted molar refractivity (Wildman–Crippen MR) is 54.8 cm³/mol. The maximum Gasteiger partial charge on any atom is 0.268 e. The zero-order valence-corrected chi connectivity index (χ0v) is 8.68. The summed E-state index contributed by atoms with van der Waals surface area (Å²) in [5, 5.41) is 3.21. The van der Waals surface area contributed by atoms with Crippen LogP contribution in [0, 0.1) is 0 Å². The Balaban J connectivity index is 2.51. The number of carbonyl (C=O) groups is 1. The van der Waals surface area contributed by atoms with Gasteiger partial charge in [-0.05, 0) is 26.0 Å². The molecule has 1 amide bonds. The van der Waals surface area contributed by atoms with E-state index in [9.17, 15) is 4.79 Å². The van der Waals surface area contributed by atoms with E-state index < -0.39 is 5.60 Å². The van der Waals surface area contributed by atoms with Gasteiger partial charge in [-0.15, -0.1) is 0 Å². The summed E-state index contributed by atoms with van der Waals surface area (Å²) < 4.78 is 5.52. The van der Waals surface area contributed by atoms with E-state index in [1.165, 1.54) is 0 Å². The minimum absolute atomic E-state index is 0.182. The topological polar surface area (TPSA) is 38.3 Å². The molecule has 0 aliphatic carbocycles. The van der Waals surface area contributed by atoms with Crippen molar-refractivity contribution in [1.29, 1.82) is 0 Å². The highest BCUT2D eigenvalue weighted by molar-refractivity contribution is 6.34. The highest BCUT2D eigenvalue weighted by Gasteiger charge is 2.35. The fourth-order valence-corrected chi connectivity index (χ4v) is 1.51. The van der Waals surface area contributed by atoms with E-state index in [4.69, 9.17) is 16.3 Å². The summed E-state index contributed by atoms with van der Waals surface area (Å²) in [6.45, 7) is 3.43. The summed E-state index contributed by atoms with van der Waals surface area (Å²) >= 11 is 5.91. The lowest BCUT2D eigenvalue weighted by molar-refractivity contribution is -0.129. The molecule has 0 atom stereocenters. The van der Waals surface area contributed by atoms with Crippen molar-refractivity contribution in [3.05, 3.63) is 23.2 Å². The van der Waals surface area contributed by atoms with Crippen LogP contribution in [0.4, 0.5) is 5.69 Å². The van der Waals surface area contributed by atoms with Crippen LogP contribution in [-0.2, 0) is 4.79 Å². The van der Waals surface area contributed by atoms with Gasteiger partial charge in [0, 0.05) is 0 Å². The predicted octanol–water partition coefficient (Wildman–Crippen LogP) is 2.45. The molecule has 0 bridgehead atoms. The maximum absolute atomic E-state index is 11.5. The Morgan fingerprint density at radius 3 is 2.86 bits per heavy atom. The summed E-state index contributed by atoms with van der Waals surface area (Å²) in [5.74, 6) is 0.431. The van der Waals surface area contributed by atoms with Crippen molar-refractivity contribution in [3.63, 3.8) is 0 Å². The average molecular weight is 212 g/mol. The van der Waals surface area contributed by atoms with Crippen LogP contribution in [-0.4, -0.2) is 11.5 Å². The zero-order chi connectivity index (χ0) is 10.3. The number of ether oxygens (including phenoxy) is 1. The Hall–Kier alpha value is -1.22. The Kier molecular flexibility index (Phi) is 1.93. The molecule has 0 spiro atoms. The summed E-state index contributed by atoms with van der Waals surface area (Å²) in [7, 11) is 0. The summed E-state index contributed by atoms with van der Waals surface area (Å²) in [6.07, 6.45) is 0. The first-order valence-electron chi connectivity index (χ1n) is 4.30. The van der Waals surface area contributed by atoms with Crippen molar-refractivity contribution in [2.24, 2.45) is 0 Å². The van der Waals surface area contributed by atoms with E-state index in [2.05, 4.69) is 5.32 Å². The molecule has 4 heteroatoms. The second kappa shape index (κ2) is 2.89. The van der Waals surface area contributed by atoms with Crippen LogP contribution < -0.4 is 10.1 Å². The lowest BCUT2D eigenvalue weighted by Crippen LogP contribution is -2.45. The van der Waals surface area contributed by atoms with Crippen LogP contribution in [0.15, 0.2) is 18.2 Å². The van der Waals surface area contributed by atoms with E-state index in [1.807, 2.05) is 0 Å². The van der Waals surface area contributed by atoms with Crippen LogP contribution in [0.25, 0.3) is 0 Å². The maximum atomic E-state index is 11.5. The number of carbonyl (C=O) groups excluding carboxylic acids is 1. The highest BCUT2D eigenvalue weighted by Crippen LogP contribution is 2.38. The molecule has 0 saturated heterocycles. The van der Waals surface area contributed by atoms with Crippen molar-refractivity contribution >= 4 is 23.2 Å². The average Bonchev–Trinajstić information content (AvgIpc) is 2.08. The third kappa shape index (κ3) is 1.34. The standard InChI is InChI=1S/C10H10ClNO2/c1-10(2)9(13)12-8-6(11)4-3-5-7(8)14-10/h3-5H,1-2H3,(H,12,13). The largest absolute Gasteiger partial charge is 0.476 e. The van der Waals surface area contributed by atoms with Gasteiger partial charge in [0.15, 0.2) is 5.60 Å². The van der Waals surface area contributed by atoms with Crippen molar-refractivity contribution in [3.8, 4) is 5.75 Å². The summed E-state index contributed by atoms with van der Waals surface area (Å²) in [5.41, 5.74) is -0.281. The number of halogens is 1. The number of fused-ring (bicyclic) bond motifs is 1. The number of rotatable bonds is 0. The quantitative estimate of drug-likeness (QED) is 0.716. The van der Waals surface area contributed by atoms with Crippen molar-refractivity contribution in [2.75, 3.05) is 5.32 Å². The molecule has 0 aromatic heterocycles. The van der Waals surface area contributed by atoms with Crippen LogP contribution in [0.2, 0.25) is 5.02 Å². The molecule has 1 aromatic carbocycles. The normalized spacial score (nSPS) is 18.1. The summed E-state index contributed by atoms with van der Waals surface area (Å²) in [4.78, 5) is 11.5. The SMILES string of the molecule is CC1(C)Oc2cccc(Cl)c2NC1=O. The van der Waals surface area contributed by atoms with E-state index >= 15 is 0 Å². The second-order valence-corrected chi connectivity index (χ2v) is 4.09. The van der Waals surface area contributed by atoms with Gasteiger partial charge in [0.25, 0.3) is 5.91 Å². The molecule has 1 aromatic rings. The minimum Gasteiger partial charge on any atom is -0.476 e. The molecule has 0 fully saturated rings. The van der Waals surface area contributed by atoms with Gasteiger partial charge in [-0.25, -0.2) is 0 Å². The molecule has 1 aliphatic heterocycles. The van der Waals surface area contributed by atoms with Gasteiger partial charge < -0.3 is 10.1 Å². The van der Waals surface area contributed by atoms with E-state index in [1.54, 1.807) is 32.0 Å². The fourth-order valence-electron chi connectivity index (χ4n) is 1.30. The molecule has 74 valence electrons. The Labute approximate surface area is 87.0 Å². The number of hydrogen-bond donors (Lipinski definition) is 1. The highest BCUT2D eigenvalue weighted by atomic mass is 35.5. The van der Waals surface area contributed by atoms with Gasteiger partial charge in [0.1, 0.15) is 11.4 Å². The van der Waals surface area contributed by atoms with Gasteiger partial charge in [-0.3, -0.25) is 4.79 Å². The van der Waals surface area contributed by atoms with E-state index in [-0.39, 0.29) is 5.91 Å². The van der Waals surface area contributed by atoms with Crippen LogP contribution in [0.5, 0.6) is 5.75 Å². The van der Waals surface area contributed by atoms with Crippen LogP contribution >= 0.6 is 11.6 Å². The van der Waals surface area contributed by atoms with E-state index in [0.717, 1.165) is 0 Å². The molecule has 0 radical (unpaired) electrons. The second-order valence-electron chi connectivity index (χ2n) is 3.68. The van der Waals surface area contributed by atoms with Gasteiger partial charge in [0.05, 0.1) is 5.02 Å². The van der Waals surface area contributed by atoms with E-state index in [0.29, 0.717) is 16.5 Å². The smallest absolute Gasteiger partial charge is 0.268 e. The molecule has 2 rings (SSSR count). The Morgan fingerprint density at radius 1 is 1.43 bits per heavy atom. The molecular weight excluding hydrogens is 202 g/mol. The first-order chi connectivity index (χ1) is 6.50. The minimum atomic E-state index is -0.836. The third-order valence-corrected chi connectivity index (χ3v) is 2.44. The molecular formula is C10H10ClNO2. The Morgan fingerprint density at radius 2 is 2.14 bits per heavy atom. The van der Waals surface area contributed by atoms with Gasteiger partial charge in [-0.1, -0.05) is 17.7 Å². The third-order valence-electron chi connectivity index (χ3n) is 2.13. The fraction of sp³-hybridized carbons (Fsp3) is 0.300. The molecule has 0 saturated carbocycles. The zero-order valence-electron chi connectivity index (χ0n) is 7.93. The molecule has 3 nitrogen and oxygen atoms in total. The lowest BCUT2D eigenvalue weighted by Gasteiger charge is -2.31. The van der Waals surface area contributed by atoms with Crippen molar-refractivity contribution in [2.45, 2.75) is 19.4 Å². The monoisotopic (exact) mass is 211 g/mol. The molecule has 1 aliphatic rings. The van der Waals surface area contributed by atoms with Crippen LogP contribution in [0.3, 0.4) is 0 Å². The first-order valence-corrected chi connectivity index (χ1v) is 4.67. The lowest BCUT2D eigenvalue weighted by atomic mass is 10.1. The van der Waals surface area contributed by atoms with Gasteiger partial charge >= 0.3 is 0 Å². The first kappa shape index (κ1) is 9.34. The van der Waals surface area contributed by atoms with Crippen molar-refractivity contribution < 1.29 is 9.53 Å². The summed E-state index contributed by atoms with van der Waals surface area (Å²) in [6, 6.07) is 5.28. The number of amides is 1. The van der Waals surface area contributed by atoms with Gasteiger partial charge in [-0.2, -0.15) is 0 Å². The van der Waals surface area contributed by atoms with Crippen molar-refractivity contribution in [1.82, 2.24) is 0 Å². The van der Waals surface area contributed by atoms with Gasteiger partial charge in [0.2, 0.25) is 0 Å². The number of nitrogens with one attached hydrogen (secondary N) is 1. The molecule has 1 heterocycles. The number of anilines is 1.